The van der Waals surface area contributed by atoms with E-state index in [2.05, 4.69) is 25.8 Å². The number of hydrogen-bond donors (Lipinski definition) is 3. The minimum atomic E-state index is -0.465. The highest BCUT2D eigenvalue weighted by atomic mass is 35.5. The predicted molar refractivity (Wildman–Crippen MR) is 93.8 cm³/mol. The normalized spacial score (nSPS) is 13.4. The molecule has 0 unspecified atom stereocenters. The zero-order valence-corrected chi connectivity index (χ0v) is 14.9. The molecule has 0 aliphatic heterocycles. The smallest absolute Gasteiger partial charge is 0.321 e. The average molecular weight is 382 g/mol. The molecule has 3 rings (SSSR count). The Bertz CT molecular complexity index is 793. The average Bonchev–Trinajstić information content (AvgIpc) is 3.26. The van der Waals surface area contributed by atoms with Gasteiger partial charge in [-0.05, 0) is 31.0 Å². The van der Waals surface area contributed by atoms with Crippen LogP contribution in [0.25, 0.3) is 11.4 Å². The first-order valence-corrected chi connectivity index (χ1v) is 8.91. The molecule has 1 aliphatic carbocycles. The van der Waals surface area contributed by atoms with Gasteiger partial charge in [-0.1, -0.05) is 23.4 Å². The fourth-order valence-electron chi connectivity index (χ4n) is 2.04. The van der Waals surface area contributed by atoms with Gasteiger partial charge in [-0.15, -0.1) is 5.10 Å². The highest BCUT2D eigenvalue weighted by Gasteiger charge is 2.24. The summed E-state index contributed by atoms with van der Waals surface area (Å²) in [4.78, 5) is 27.6. The van der Waals surface area contributed by atoms with Crippen molar-refractivity contribution in [2.75, 3.05) is 12.9 Å². The number of benzene rings is 1. The van der Waals surface area contributed by atoms with Crippen molar-refractivity contribution < 1.29 is 14.3 Å². The zero-order valence-electron chi connectivity index (χ0n) is 13.3. The van der Waals surface area contributed by atoms with E-state index >= 15 is 0 Å². The van der Waals surface area contributed by atoms with Crippen molar-refractivity contribution in [3.8, 4) is 17.1 Å². The van der Waals surface area contributed by atoms with Crippen molar-refractivity contribution >= 4 is 35.3 Å². The lowest BCUT2D eigenvalue weighted by Crippen LogP contribution is -2.41. The van der Waals surface area contributed by atoms with Crippen LogP contribution < -0.4 is 15.4 Å². The lowest BCUT2D eigenvalue weighted by Gasteiger charge is -2.05. The summed E-state index contributed by atoms with van der Waals surface area (Å²) in [5.41, 5.74) is 0.669. The number of imide groups is 1. The molecule has 1 aliphatic rings. The van der Waals surface area contributed by atoms with E-state index in [1.165, 1.54) is 0 Å². The number of halogens is 1. The number of amides is 3. The van der Waals surface area contributed by atoms with E-state index in [9.17, 15) is 9.59 Å². The van der Waals surface area contributed by atoms with Gasteiger partial charge in [-0.3, -0.25) is 15.2 Å². The molecule has 0 atom stereocenters. The Balaban J connectivity index is 1.57. The summed E-state index contributed by atoms with van der Waals surface area (Å²) >= 11 is 7.13. The fourth-order valence-corrected chi connectivity index (χ4v) is 2.81. The van der Waals surface area contributed by atoms with Crippen LogP contribution in [0.5, 0.6) is 5.75 Å². The molecule has 0 bridgehead atoms. The van der Waals surface area contributed by atoms with Crippen molar-refractivity contribution in [2.45, 2.75) is 24.0 Å². The number of thioether (sulfide) groups is 1. The minimum Gasteiger partial charge on any atom is -0.496 e. The first-order valence-electron chi connectivity index (χ1n) is 7.54. The summed E-state index contributed by atoms with van der Waals surface area (Å²) < 4.78 is 5.28. The van der Waals surface area contributed by atoms with E-state index in [-0.39, 0.29) is 11.8 Å². The molecule has 3 amide bonds. The Morgan fingerprint density at radius 3 is 2.96 bits per heavy atom. The van der Waals surface area contributed by atoms with Crippen molar-refractivity contribution in [1.29, 1.82) is 0 Å². The molecule has 1 fully saturated rings. The number of nitrogens with zero attached hydrogens (tertiary/aromatic N) is 2. The second kappa shape index (κ2) is 7.75. The molecule has 1 aromatic heterocycles. The molecule has 2 aromatic rings. The lowest BCUT2D eigenvalue weighted by molar-refractivity contribution is -0.117. The fraction of sp³-hybridized carbons (Fsp3) is 0.333. The number of hydrogen-bond acceptors (Lipinski definition) is 6. The number of urea groups is 1. The van der Waals surface area contributed by atoms with Crippen LogP contribution in [0.3, 0.4) is 0 Å². The molecule has 10 heteroatoms. The number of aromatic nitrogens is 3. The Kier molecular flexibility index (Phi) is 5.44. The topological polar surface area (TPSA) is 109 Å². The maximum atomic E-state index is 11.8. The van der Waals surface area contributed by atoms with E-state index in [4.69, 9.17) is 16.3 Å². The molecule has 0 radical (unpaired) electrons. The number of methoxy groups -OCH3 is 1. The molecule has 0 saturated heterocycles. The van der Waals surface area contributed by atoms with Crippen LogP contribution in [0.15, 0.2) is 23.4 Å². The molecule has 0 spiro atoms. The summed E-state index contributed by atoms with van der Waals surface area (Å²) in [6.07, 6.45) is 1.92. The maximum absolute atomic E-state index is 11.8. The van der Waals surface area contributed by atoms with Gasteiger partial charge in [0, 0.05) is 11.1 Å². The van der Waals surface area contributed by atoms with Crippen molar-refractivity contribution in [2.24, 2.45) is 0 Å². The second-order valence-electron chi connectivity index (χ2n) is 5.40. The van der Waals surface area contributed by atoms with Gasteiger partial charge in [0.25, 0.3) is 0 Å². The number of H-pyrrole nitrogens is 1. The summed E-state index contributed by atoms with van der Waals surface area (Å²) in [5.74, 6) is 0.706. The van der Waals surface area contributed by atoms with Crippen LogP contribution in [-0.4, -0.2) is 46.0 Å². The maximum Gasteiger partial charge on any atom is 0.321 e. The van der Waals surface area contributed by atoms with E-state index in [0.29, 0.717) is 27.3 Å². The number of nitrogens with one attached hydrogen (secondary N) is 3. The summed E-state index contributed by atoms with van der Waals surface area (Å²) in [6.45, 7) is 0. The van der Waals surface area contributed by atoms with Crippen LogP contribution in [-0.2, 0) is 4.79 Å². The monoisotopic (exact) mass is 381 g/mol. The molecular formula is C15H16ClN5O3S. The van der Waals surface area contributed by atoms with Gasteiger partial charge in [-0.25, -0.2) is 9.78 Å². The van der Waals surface area contributed by atoms with E-state index < -0.39 is 11.9 Å². The third-order valence-corrected chi connectivity index (χ3v) is 4.46. The minimum absolute atomic E-state index is 0.0298. The summed E-state index contributed by atoms with van der Waals surface area (Å²) in [7, 11) is 1.55. The van der Waals surface area contributed by atoms with Crippen LogP contribution in [0.1, 0.15) is 12.8 Å². The molecular weight excluding hydrogens is 366 g/mol. The predicted octanol–water partition coefficient (Wildman–Crippen LogP) is 2.21. The summed E-state index contributed by atoms with van der Waals surface area (Å²) in [6, 6.07) is 4.90. The van der Waals surface area contributed by atoms with Crippen molar-refractivity contribution in [3.63, 3.8) is 0 Å². The first-order chi connectivity index (χ1) is 12.0. The lowest BCUT2D eigenvalue weighted by atomic mass is 10.2. The highest BCUT2D eigenvalue weighted by molar-refractivity contribution is 7.99. The van der Waals surface area contributed by atoms with Gasteiger partial charge >= 0.3 is 6.03 Å². The third-order valence-electron chi connectivity index (χ3n) is 3.38. The summed E-state index contributed by atoms with van der Waals surface area (Å²) in [5, 5.41) is 12.7. The molecule has 1 aromatic carbocycles. The van der Waals surface area contributed by atoms with E-state index in [1.807, 2.05) is 0 Å². The van der Waals surface area contributed by atoms with E-state index in [1.54, 1.807) is 25.3 Å². The van der Waals surface area contributed by atoms with Crippen LogP contribution in [0.2, 0.25) is 5.02 Å². The van der Waals surface area contributed by atoms with E-state index in [0.717, 1.165) is 24.6 Å². The molecule has 132 valence electrons. The second-order valence-corrected chi connectivity index (χ2v) is 6.77. The highest BCUT2D eigenvalue weighted by Crippen LogP contribution is 2.31. The Morgan fingerprint density at radius 1 is 1.44 bits per heavy atom. The number of ether oxygens (including phenoxy) is 1. The van der Waals surface area contributed by atoms with Gasteiger partial charge < -0.3 is 10.1 Å². The molecule has 3 N–H and O–H groups in total. The third kappa shape index (κ3) is 4.86. The Labute approximate surface area is 153 Å². The number of carbonyl (C=O) groups excluding carboxylic acids is 2. The van der Waals surface area contributed by atoms with Crippen LogP contribution >= 0.6 is 23.4 Å². The standard InChI is InChI=1S/C15H16ClN5O3S/c1-24-11-5-2-8(16)6-10(11)13-19-15(21-20-13)25-7-12(22)18-14(23)17-9-3-4-9/h2,5-6,9H,3-4,7H2,1H3,(H,19,20,21)(H2,17,18,22,23). The number of carbonyl (C=O) groups is 2. The first kappa shape index (κ1) is 17.6. The van der Waals surface area contributed by atoms with Crippen molar-refractivity contribution in [1.82, 2.24) is 25.8 Å². The number of rotatable bonds is 6. The van der Waals surface area contributed by atoms with Crippen molar-refractivity contribution in [3.05, 3.63) is 23.2 Å². The molecule has 8 nitrogen and oxygen atoms in total. The Hall–Kier alpha value is -2.26. The van der Waals surface area contributed by atoms with Gasteiger partial charge in [0.1, 0.15) is 5.75 Å². The SMILES string of the molecule is COc1ccc(Cl)cc1-c1nc(SCC(=O)NC(=O)NC2CC2)n[nH]1. The van der Waals surface area contributed by atoms with Gasteiger partial charge in [0.15, 0.2) is 5.82 Å². The molecule has 25 heavy (non-hydrogen) atoms. The number of aromatic amines is 1. The molecule has 1 saturated carbocycles. The van der Waals surface area contributed by atoms with Gasteiger partial charge in [0.05, 0.1) is 18.4 Å². The molecule has 1 heterocycles. The Morgan fingerprint density at radius 2 is 2.24 bits per heavy atom. The largest absolute Gasteiger partial charge is 0.496 e. The zero-order chi connectivity index (χ0) is 17.8. The van der Waals surface area contributed by atoms with Gasteiger partial charge in [0.2, 0.25) is 11.1 Å². The van der Waals surface area contributed by atoms with Crippen LogP contribution in [0.4, 0.5) is 4.79 Å². The van der Waals surface area contributed by atoms with Gasteiger partial charge in [-0.2, -0.15) is 0 Å². The quantitative estimate of drug-likeness (QED) is 0.662. The van der Waals surface area contributed by atoms with Crippen LogP contribution in [0, 0.1) is 0 Å².